The molecule has 2 aliphatic rings. The fourth-order valence-corrected chi connectivity index (χ4v) is 4.03. The number of hydrogen-bond acceptors (Lipinski definition) is 5. The third-order valence-corrected chi connectivity index (χ3v) is 6.12. The van der Waals surface area contributed by atoms with Gasteiger partial charge >= 0.3 is 6.18 Å². The number of methoxy groups -OCH3 is 1. The van der Waals surface area contributed by atoms with Gasteiger partial charge in [-0.3, -0.25) is 14.7 Å². The molecular formula is C20H21ClF3N5O3. The van der Waals surface area contributed by atoms with Crippen molar-refractivity contribution in [2.45, 2.75) is 31.5 Å². The Morgan fingerprint density at radius 1 is 1.28 bits per heavy atom. The molecule has 4 rings (SSSR count). The number of carbonyl (C=O) groups excluding carboxylic acids is 2. The van der Waals surface area contributed by atoms with Gasteiger partial charge in [0.1, 0.15) is 5.69 Å². The van der Waals surface area contributed by atoms with E-state index in [1.165, 1.54) is 13.3 Å². The van der Waals surface area contributed by atoms with Crippen LogP contribution in [0.3, 0.4) is 0 Å². The summed E-state index contributed by atoms with van der Waals surface area (Å²) in [5, 5.41) is 9.70. The highest BCUT2D eigenvalue weighted by atomic mass is 35.5. The van der Waals surface area contributed by atoms with Crippen molar-refractivity contribution in [3.8, 4) is 17.1 Å². The first-order chi connectivity index (χ1) is 15.2. The van der Waals surface area contributed by atoms with E-state index in [9.17, 15) is 22.8 Å². The summed E-state index contributed by atoms with van der Waals surface area (Å²) in [6, 6.07) is 2.36. The molecule has 1 aliphatic heterocycles. The smallest absolute Gasteiger partial charge is 0.393 e. The van der Waals surface area contributed by atoms with E-state index in [1.807, 2.05) is 0 Å². The van der Waals surface area contributed by atoms with Crippen LogP contribution in [0.4, 0.5) is 13.2 Å². The van der Waals surface area contributed by atoms with Gasteiger partial charge in [0.25, 0.3) is 5.91 Å². The summed E-state index contributed by atoms with van der Waals surface area (Å²) in [5.74, 6) is -2.16. The van der Waals surface area contributed by atoms with Crippen LogP contribution in [-0.4, -0.2) is 64.3 Å². The summed E-state index contributed by atoms with van der Waals surface area (Å²) in [7, 11) is 1.47. The maximum atomic E-state index is 12.8. The van der Waals surface area contributed by atoms with Gasteiger partial charge in [0.05, 0.1) is 29.9 Å². The monoisotopic (exact) mass is 471 g/mol. The van der Waals surface area contributed by atoms with Crippen molar-refractivity contribution in [1.29, 1.82) is 0 Å². The fourth-order valence-electron chi connectivity index (χ4n) is 3.83. The van der Waals surface area contributed by atoms with Crippen LogP contribution in [0.1, 0.15) is 29.8 Å². The summed E-state index contributed by atoms with van der Waals surface area (Å²) < 4.78 is 43.0. The molecule has 1 saturated carbocycles. The van der Waals surface area contributed by atoms with E-state index in [2.05, 4.69) is 20.5 Å². The molecule has 2 amide bonds. The maximum absolute atomic E-state index is 12.8. The van der Waals surface area contributed by atoms with Gasteiger partial charge in [-0.05, 0) is 25.3 Å². The van der Waals surface area contributed by atoms with E-state index < -0.39 is 24.1 Å². The van der Waals surface area contributed by atoms with Gasteiger partial charge in [-0.1, -0.05) is 11.6 Å². The summed E-state index contributed by atoms with van der Waals surface area (Å²) >= 11 is 6.18. The van der Waals surface area contributed by atoms with Crippen LogP contribution >= 0.6 is 11.6 Å². The summed E-state index contributed by atoms with van der Waals surface area (Å²) in [4.78, 5) is 30.7. The zero-order valence-electron chi connectivity index (χ0n) is 17.1. The van der Waals surface area contributed by atoms with E-state index in [4.69, 9.17) is 16.3 Å². The second-order valence-electron chi connectivity index (χ2n) is 7.94. The number of nitrogens with zero attached hydrogens (tertiary/aromatic N) is 3. The number of halogens is 4. The fraction of sp³-hybridized carbons (Fsp3) is 0.500. The molecule has 2 N–H and O–H groups in total. The van der Waals surface area contributed by atoms with E-state index >= 15 is 0 Å². The Kier molecular flexibility index (Phi) is 6.02. The van der Waals surface area contributed by atoms with Crippen molar-refractivity contribution in [2.75, 3.05) is 20.2 Å². The molecule has 1 aliphatic carbocycles. The second-order valence-corrected chi connectivity index (χ2v) is 8.35. The Balaban J connectivity index is 1.33. The molecule has 1 saturated heterocycles. The minimum atomic E-state index is -4.28. The maximum Gasteiger partial charge on any atom is 0.393 e. The molecule has 2 atom stereocenters. The average Bonchev–Trinajstić information content (AvgIpc) is 3.39. The minimum Gasteiger partial charge on any atom is -0.481 e. The van der Waals surface area contributed by atoms with Crippen LogP contribution < -0.4 is 10.1 Å². The van der Waals surface area contributed by atoms with Gasteiger partial charge in [-0.25, -0.2) is 4.98 Å². The first-order valence-corrected chi connectivity index (χ1v) is 10.5. The molecule has 2 aromatic heterocycles. The topological polar surface area (TPSA) is 100 Å². The van der Waals surface area contributed by atoms with Crippen molar-refractivity contribution < 1.29 is 27.5 Å². The van der Waals surface area contributed by atoms with Crippen molar-refractivity contribution >= 4 is 23.4 Å². The number of rotatable bonds is 5. The summed E-state index contributed by atoms with van der Waals surface area (Å²) in [6.07, 6.45) is -2.14. The number of likely N-dealkylation sites (tertiary alicyclic amines) is 1. The lowest BCUT2D eigenvalue weighted by Gasteiger charge is -2.31. The van der Waals surface area contributed by atoms with Crippen LogP contribution in [0.2, 0.25) is 5.02 Å². The van der Waals surface area contributed by atoms with Gasteiger partial charge < -0.3 is 15.0 Å². The van der Waals surface area contributed by atoms with Crippen LogP contribution in [0.25, 0.3) is 11.3 Å². The van der Waals surface area contributed by atoms with Gasteiger partial charge in [0.15, 0.2) is 0 Å². The molecule has 2 aromatic rings. The van der Waals surface area contributed by atoms with Gasteiger partial charge in [0, 0.05) is 36.7 Å². The normalized spacial score (nSPS) is 21.3. The molecule has 0 aromatic carbocycles. The average molecular weight is 472 g/mol. The highest BCUT2D eigenvalue weighted by molar-refractivity contribution is 6.33. The Bertz CT molecular complexity index is 1020. The van der Waals surface area contributed by atoms with Gasteiger partial charge in [0.2, 0.25) is 11.8 Å². The number of H-pyrrole nitrogens is 1. The Labute approximate surface area is 186 Å². The summed E-state index contributed by atoms with van der Waals surface area (Å²) in [5.41, 5.74) is 1.28. The zero-order valence-corrected chi connectivity index (χ0v) is 17.8. The lowest BCUT2D eigenvalue weighted by molar-refractivity contribution is -0.149. The predicted octanol–water partition coefficient (Wildman–Crippen LogP) is 3.05. The number of aromatic nitrogens is 3. The van der Waals surface area contributed by atoms with Crippen molar-refractivity contribution in [3.05, 3.63) is 29.0 Å². The predicted molar refractivity (Wildman–Crippen MR) is 108 cm³/mol. The number of aromatic amines is 1. The number of nitrogens with one attached hydrogen (secondary N) is 2. The van der Waals surface area contributed by atoms with E-state index in [0.717, 1.165) is 0 Å². The Morgan fingerprint density at radius 2 is 2.00 bits per heavy atom. The zero-order chi connectivity index (χ0) is 23.0. The van der Waals surface area contributed by atoms with E-state index in [0.29, 0.717) is 48.1 Å². The standard InChI is InChI=1S/C20H21ClF3N5O3/c1-32-17-6-11(13(21)9-25-17)14-8-16(28-27-14)19(31)29-4-2-10(3-5-29)18(30)26-15-7-12(15)20(22,23)24/h6,8-10,12,15H,2-5,7H2,1H3,(H,26,30)(H,27,28). The van der Waals surface area contributed by atoms with Gasteiger partial charge in [-0.2, -0.15) is 18.3 Å². The van der Waals surface area contributed by atoms with Crippen LogP contribution in [0.15, 0.2) is 18.3 Å². The molecule has 32 heavy (non-hydrogen) atoms. The third kappa shape index (κ3) is 4.67. The largest absolute Gasteiger partial charge is 0.481 e. The first kappa shape index (κ1) is 22.4. The SMILES string of the molecule is COc1cc(-c2cc(C(=O)N3CCC(C(=O)NC4CC4C(F)(F)F)CC3)[nH]n2)c(Cl)cn1. The molecule has 2 unspecified atom stereocenters. The number of hydrogen-bond donors (Lipinski definition) is 2. The molecular weight excluding hydrogens is 451 g/mol. The number of amides is 2. The highest BCUT2D eigenvalue weighted by Crippen LogP contribution is 2.44. The molecule has 3 heterocycles. The van der Waals surface area contributed by atoms with Gasteiger partial charge in [-0.15, -0.1) is 0 Å². The molecule has 172 valence electrons. The minimum absolute atomic E-state index is 0.0674. The van der Waals surface area contributed by atoms with Crippen molar-refractivity contribution in [3.63, 3.8) is 0 Å². The van der Waals surface area contributed by atoms with Crippen molar-refractivity contribution in [2.24, 2.45) is 11.8 Å². The van der Waals surface area contributed by atoms with Crippen molar-refractivity contribution in [1.82, 2.24) is 25.4 Å². The first-order valence-electron chi connectivity index (χ1n) is 10.1. The number of ether oxygens (including phenoxy) is 1. The molecule has 0 spiro atoms. The Hall–Kier alpha value is -2.82. The summed E-state index contributed by atoms with van der Waals surface area (Å²) in [6.45, 7) is 0.644. The number of piperidine rings is 1. The molecule has 0 radical (unpaired) electrons. The number of alkyl halides is 3. The second kappa shape index (κ2) is 8.61. The third-order valence-electron chi connectivity index (χ3n) is 5.82. The molecule has 8 nitrogen and oxygen atoms in total. The quantitative estimate of drug-likeness (QED) is 0.698. The number of pyridine rings is 1. The van der Waals surface area contributed by atoms with E-state index in [1.54, 1.807) is 17.0 Å². The number of carbonyl (C=O) groups is 2. The Morgan fingerprint density at radius 3 is 2.62 bits per heavy atom. The molecule has 12 heteroatoms. The van der Waals surface area contributed by atoms with Crippen LogP contribution in [0, 0.1) is 11.8 Å². The lowest BCUT2D eigenvalue weighted by atomic mass is 9.95. The van der Waals surface area contributed by atoms with Crippen LogP contribution in [-0.2, 0) is 4.79 Å². The molecule has 2 fully saturated rings. The van der Waals surface area contributed by atoms with Crippen LogP contribution in [0.5, 0.6) is 5.88 Å². The lowest BCUT2D eigenvalue weighted by Crippen LogP contribution is -2.44. The molecule has 0 bridgehead atoms. The van der Waals surface area contributed by atoms with E-state index in [-0.39, 0.29) is 23.9 Å². The highest BCUT2D eigenvalue weighted by Gasteiger charge is 2.56.